The van der Waals surface area contributed by atoms with Gasteiger partial charge in [-0.3, -0.25) is 0 Å². The van der Waals surface area contributed by atoms with E-state index in [0.29, 0.717) is 11.4 Å². The number of ether oxygens (including phenoxy) is 3. The highest BCUT2D eigenvalue weighted by molar-refractivity contribution is 5.52. The third-order valence-corrected chi connectivity index (χ3v) is 8.99. The lowest BCUT2D eigenvalue weighted by Gasteiger charge is -2.36. The molecule has 2 fully saturated rings. The number of rotatable bonds is 11. The first kappa shape index (κ1) is 32.4. The Balaban J connectivity index is 0.925. The first-order valence-electron chi connectivity index (χ1n) is 16.3. The van der Waals surface area contributed by atoms with Crippen molar-refractivity contribution in [3.63, 3.8) is 0 Å². The summed E-state index contributed by atoms with van der Waals surface area (Å²) in [5.41, 5.74) is 1.66. The molecule has 0 amide bonds. The van der Waals surface area contributed by atoms with E-state index in [1.807, 2.05) is 50.2 Å². The highest BCUT2D eigenvalue weighted by Crippen LogP contribution is 2.38. The molecule has 49 heavy (non-hydrogen) atoms. The minimum atomic E-state index is -1.51. The molecule has 0 N–H and O–H groups in total. The van der Waals surface area contributed by atoms with Crippen LogP contribution in [0.1, 0.15) is 31.9 Å². The standard InChI is InChI=1S/C34H37F2N9O4/c1-3-24(2)45-33(46)44(23-40-45)27-7-11-32(38-17-27)42-14-12-41(13-15-42)26-5-8-28(9-6-26)47-18-29-19-48-34(49-29,20-43-22-37-21-39-43)30-10-4-25(35)16-31(30)36/h4-11,16-17,21-24,29H,3,12-15,18-20H2,1-2H3/t24?,29-,34-/m0/s1. The van der Waals surface area contributed by atoms with Gasteiger partial charge in [0.25, 0.3) is 0 Å². The molecule has 3 atom stereocenters. The summed E-state index contributed by atoms with van der Waals surface area (Å²) in [6.45, 7) is 7.55. The summed E-state index contributed by atoms with van der Waals surface area (Å²) in [5.74, 6) is -1.46. The van der Waals surface area contributed by atoms with E-state index < -0.39 is 23.5 Å². The average molecular weight is 674 g/mol. The summed E-state index contributed by atoms with van der Waals surface area (Å²) in [4.78, 5) is 25.9. The van der Waals surface area contributed by atoms with Gasteiger partial charge < -0.3 is 24.0 Å². The largest absolute Gasteiger partial charge is 0.491 e. The third-order valence-electron chi connectivity index (χ3n) is 8.99. The first-order valence-corrected chi connectivity index (χ1v) is 16.3. The smallest absolute Gasteiger partial charge is 0.350 e. The summed E-state index contributed by atoms with van der Waals surface area (Å²) in [7, 11) is 0. The average Bonchev–Trinajstić information content (AvgIpc) is 3.88. The van der Waals surface area contributed by atoms with E-state index in [2.05, 4.69) is 30.0 Å². The number of anilines is 2. The lowest BCUT2D eigenvalue weighted by molar-refractivity contribution is -0.192. The minimum Gasteiger partial charge on any atom is -0.491 e. The van der Waals surface area contributed by atoms with E-state index in [9.17, 15) is 13.6 Å². The molecule has 0 bridgehead atoms. The van der Waals surface area contributed by atoms with E-state index in [1.54, 1.807) is 12.5 Å². The van der Waals surface area contributed by atoms with Gasteiger partial charge in [-0.25, -0.2) is 37.5 Å². The van der Waals surface area contributed by atoms with Gasteiger partial charge in [-0.15, -0.1) is 0 Å². The van der Waals surface area contributed by atoms with E-state index in [4.69, 9.17) is 14.2 Å². The Morgan fingerprint density at radius 3 is 2.45 bits per heavy atom. The van der Waals surface area contributed by atoms with Crippen molar-refractivity contribution in [1.82, 2.24) is 34.1 Å². The molecule has 5 heterocycles. The number of piperazine rings is 1. The monoisotopic (exact) mass is 673 g/mol. The quantitative estimate of drug-likeness (QED) is 0.204. The molecular formula is C34H37F2N9O4. The Bertz CT molecular complexity index is 1910. The van der Waals surface area contributed by atoms with E-state index in [-0.39, 0.29) is 37.1 Å². The predicted molar refractivity (Wildman–Crippen MR) is 176 cm³/mol. The Labute approximate surface area is 281 Å². The van der Waals surface area contributed by atoms with Gasteiger partial charge in [0.2, 0.25) is 5.79 Å². The fraction of sp³-hybridized carbons (Fsp3) is 0.382. The van der Waals surface area contributed by atoms with E-state index >= 15 is 0 Å². The third kappa shape index (κ3) is 6.76. The fourth-order valence-electron chi connectivity index (χ4n) is 6.10. The van der Waals surface area contributed by atoms with Crippen LogP contribution in [0.5, 0.6) is 5.75 Å². The number of hydrogen-bond donors (Lipinski definition) is 0. The molecule has 2 aliphatic rings. The zero-order valence-electron chi connectivity index (χ0n) is 27.2. The number of aromatic nitrogens is 7. The van der Waals surface area contributed by atoms with Crippen molar-refractivity contribution in [2.45, 2.75) is 44.7 Å². The number of nitrogens with zero attached hydrogens (tertiary/aromatic N) is 9. The van der Waals surface area contributed by atoms with Crippen LogP contribution in [-0.2, 0) is 21.8 Å². The highest BCUT2D eigenvalue weighted by Gasteiger charge is 2.46. The zero-order valence-corrected chi connectivity index (χ0v) is 27.2. The van der Waals surface area contributed by atoms with Crippen molar-refractivity contribution in [1.29, 1.82) is 0 Å². The van der Waals surface area contributed by atoms with Crippen LogP contribution in [0.15, 0.2) is 84.6 Å². The van der Waals surface area contributed by atoms with Gasteiger partial charge in [-0.1, -0.05) is 6.92 Å². The van der Waals surface area contributed by atoms with Crippen LogP contribution in [0.2, 0.25) is 0 Å². The molecule has 256 valence electrons. The maximum atomic E-state index is 14.9. The normalized spacial score (nSPS) is 20.1. The molecule has 15 heteroatoms. The number of hydrogen-bond acceptors (Lipinski definition) is 10. The van der Waals surface area contributed by atoms with Gasteiger partial charge in [-0.2, -0.15) is 10.2 Å². The second-order valence-corrected chi connectivity index (χ2v) is 12.2. The lowest BCUT2D eigenvalue weighted by atomic mass is 10.0. The van der Waals surface area contributed by atoms with Gasteiger partial charge in [-0.05, 0) is 61.9 Å². The summed E-state index contributed by atoms with van der Waals surface area (Å²) < 4.78 is 51.3. The van der Waals surface area contributed by atoms with Crippen LogP contribution in [0, 0.1) is 11.6 Å². The molecule has 0 aliphatic carbocycles. The second kappa shape index (κ2) is 13.8. The molecule has 13 nitrogen and oxygen atoms in total. The first-order chi connectivity index (χ1) is 23.8. The van der Waals surface area contributed by atoms with Crippen molar-refractivity contribution in [2.75, 3.05) is 49.2 Å². The van der Waals surface area contributed by atoms with Crippen molar-refractivity contribution in [3.8, 4) is 11.4 Å². The molecule has 1 unspecified atom stereocenters. The number of benzene rings is 2. The van der Waals surface area contributed by atoms with E-state index in [1.165, 1.54) is 38.7 Å². The molecule has 2 aromatic carbocycles. The molecule has 3 aromatic heterocycles. The Morgan fingerprint density at radius 1 is 0.980 bits per heavy atom. The molecular weight excluding hydrogens is 636 g/mol. The van der Waals surface area contributed by atoms with Gasteiger partial charge in [0.05, 0.1) is 24.5 Å². The predicted octanol–water partition coefficient (Wildman–Crippen LogP) is 3.94. The second-order valence-electron chi connectivity index (χ2n) is 12.2. The Hall–Kier alpha value is -5.15. The fourth-order valence-corrected chi connectivity index (χ4v) is 6.10. The lowest BCUT2D eigenvalue weighted by Crippen LogP contribution is -2.46. The summed E-state index contributed by atoms with van der Waals surface area (Å²) >= 11 is 0. The van der Waals surface area contributed by atoms with Crippen molar-refractivity contribution < 1.29 is 23.0 Å². The SMILES string of the molecule is CCC(C)n1ncn(-c2ccc(N3CCN(c4ccc(OC[C@H]5CO[C@](Cn6cncn6)(c6ccc(F)cc6F)O5)cc4)CC3)nc2)c1=O. The van der Waals surface area contributed by atoms with Crippen LogP contribution >= 0.6 is 0 Å². The molecule has 0 radical (unpaired) electrons. The van der Waals surface area contributed by atoms with Crippen molar-refractivity contribution in [2.24, 2.45) is 0 Å². The molecule has 0 saturated carbocycles. The van der Waals surface area contributed by atoms with Crippen LogP contribution in [-0.4, -0.2) is 79.6 Å². The van der Waals surface area contributed by atoms with Crippen LogP contribution in [0.3, 0.4) is 0 Å². The summed E-state index contributed by atoms with van der Waals surface area (Å²) in [6.07, 6.45) is 6.41. The van der Waals surface area contributed by atoms with Gasteiger partial charge in [0, 0.05) is 43.5 Å². The molecule has 2 saturated heterocycles. The van der Waals surface area contributed by atoms with Crippen molar-refractivity contribution in [3.05, 3.63) is 107 Å². The van der Waals surface area contributed by atoms with Crippen LogP contribution in [0.25, 0.3) is 5.69 Å². The molecule has 0 spiro atoms. The topological polar surface area (TPSA) is 118 Å². The van der Waals surface area contributed by atoms with E-state index in [0.717, 1.165) is 50.2 Å². The Morgan fingerprint density at radius 2 is 1.76 bits per heavy atom. The number of halogens is 2. The highest BCUT2D eigenvalue weighted by atomic mass is 19.1. The van der Waals surface area contributed by atoms with Crippen LogP contribution in [0.4, 0.5) is 20.3 Å². The number of pyridine rings is 1. The maximum Gasteiger partial charge on any atom is 0.350 e. The Kier molecular flexibility index (Phi) is 9.10. The minimum absolute atomic E-state index is 0.0294. The maximum absolute atomic E-state index is 14.9. The summed E-state index contributed by atoms with van der Waals surface area (Å²) in [5, 5.41) is 8.36. The molecule has 5 aromatic rings. The van der Waals surface area contributed by atoms with Crippen LogP contribution < -0.4 is 20.2 Å². The van der Waals surface area contributed by atoms with Gasteiger partial charge in [0.15, 0.2) is 0 Å². The molecule has 2 aliphatic heterocycles. The van der Waals surface area contributed by atoms with Gasteiger partial charge in [0.1, 0.15) is 61.4 Å². The summed E-state index contributed by atoms with van der Waals surface area (Å²) in [6, 6.07) is 15.0. The zero-order chi connectivity index (χ0) is 34.0. The van der Waals surface area contributed by atoms with Gasteiger partial charge >= 0.3 is 5.69 Å². The molecule has 7 rings (SSSR count). The van der Waals surface area contributed by atoms with Crippen molar-refractivity contribution >= 4 is 11.5 Å².